The van der Waals surface area contributed by atoms with E-state index in [2.05, 4.69) is 5.32 Å². The Hall–Kier alpha value is -2.78. The minimum absolute atomic E-state index is 0.110. The number of halogens is 3. The molecular formula is C29H32Cl3N3O4S. The zero-order valence-electron chi connectivity index (χ0n) is 22.5. The molecule has 3 rings (SSSR count). The van der Waals surface area contributed by atoms with Crippen LogP contribution in [-0.4, -0.2) is 50.0 Å². The number of hydrogen-bond acceptors (Lipinski definition) is 4. The van der Waals surface area contributed by atoms with Crippen molar-refractivity contribution in [1.29, 1.82) is 0 Å². The van der Waals surface area contributed by atoms with Crippen LogP contribution in [0, 0.1) is 0 Å². The van der Waals surface area contributed by atoms with E-state index in [9.17, 15) is 18.0 Å². The van der Waals surface area contributed by atoms with Crippen LogP contribution in [0.25, 0.3) is 0 Å². The van der Waals surface area contributed by atoms with Gasteiger partial charge in [0.05, 0.1) is 11.9 Å². The summed E-state index contributed by atoms with van der Waals surface area (Å²) < 4.78 is 26.6. The van der Waals surface area contributed by atoms with Crippen LogP contribution in [0.3, 0.4) is 0 Å². The van der Waals surface area contributed by atoms with Gasteiger partial charge in [-0.3, -0.25) is 13.9 Å². The molecule has 7 nitrogen and oxygen atoms in total. The van der Waals surface area contributed by atoms with Crippen LogP contribution in [0.5, 0.6) is 0 Å². The van der Waals surface area contributed by atoms with E-state index >= 15 is 0 Å². The molecule has 0 aliphatic rings. The molecule has 0 aliphatic heterocycles. The fraction of sp³-hybridized carbons (Fsp3) is 0.310. The first kappa shape index (κ1) is 31.7. The molecule has 3 aromatic rings. The number of hydrogen-bond donors (Lipinski definition) is 1. The largest absolute Gasteiger partial charge is 0.352 e. The van der Waals surface area contributed by atoms with Gasteiger partial charge in [0.1, 0.15) is 12.6 Å². The maximum absolute atomic E-state index is 14.1. The first-order valence-electron chi connectivity index (χ1n) is 12.7. The van der Waals surface area contributed by atoms with Gasteiger partial charge in [0.15, 0.2) is 0 Å². The fourth-order valence-electron chi connectivity index (χ4n) is 4.07. The quantitative estimate of drug-likeness (QED) is 0.269. The maximum atomic E-state index is 14.1. The topological polar surface area (TPSA) is 86.8 Å². The highest BCUT2D eigenvalue weighted by Crippen LogP contribution is 2.28. The highest BCUT2D eigenvalue weighted by Gasteiger charge is 2.34. The third-order valence-electron chi connectivity index (χ3n) is 6.46. The van der Waals surface area contributed by atoms with E-state index < -0.39 is 28.5 Å². The van der Waals surface area contributed by atoms with Crippen molar-refractivity contribution >= 4 is 62.3 Å². The minimum atomic E-state index is -3.89. The second-order valence-corrected chi connectivity index (χ2v) is 12.6. The highest BCUT2D eigenvalue weighted by atomic mass is 35.5. The summed E-state index contributed by atoms with van der Waals surface area (Å²) in [5.41, 5.74) is 1.54. The van der Waals surface area contributed by atoms with Gasteiger partial charge in [0.2, 0.25) is 21.8 Å². The monoisotopic (exact) mass is 623 g/mol. The predicted octanol–water partition coefficient (Wildman–Crippen LogP) is 5.97. The van der Waals surface area contributed by atoms with Gasteiger partial charge < -0.3 is 10.2 Å². The van der Waals surface area contributed by atoms with Gasteiger partial charge in [-0.15, -0.1) is 0 Å². The Morgan fingerprint density at radius 1 is 0.900 bits per heavy atom. The van der Waals surface area contributed by atoms with Crippen molar-refractivity contribution in [1.82, 2.24) is 10.2 Å². The number of sulfonamides is 1. The van der Waals surface area contributed by atoms with Crippen LogP contribution in [-0.2, 0) is 32.6 Å². The Bertz CT molecular complexity index is 1400. The molecule has 0 aromatic heterocycles. The van der Waals surface area contributed by atoms with E-state index in [1.807, 2.05) is 44.2 Å². The lowest BCUT2D eigenvalue weighted by Crippen LogP contribution is -2.54. The van der Waals surface area contributed by atoms with Crippen molar-refractivity contribution in [2.24, 2.45) is 0 Å². The first-order chi connectivity index (χ1) is 18.9. The summed E-state index contributed by atoms with van der Waals surface area (Å²) in [7, 11) is -3.89. The maximum Gasteiger partial charge on any atom is 0.244 e. The Balaban J connectivity index is 2.10. The predicted molar refractivity (Wildman–Crippen MR) is 162 cm³/mol. The number of nitrogens with zero attached hydrogens (tertiary/aromatic N) is 2. The average Bonchev–Trinajstić information content (AvgIpc) is 2.91. The number of carbonyl (C=O) groups is 2. The van der Waals surface area contributed by atoms with Crippen LogP contribution < -0.4 is 9.62 Å². The van der Waals surface area contributed by atoms with Gasteiger partial charge in [-0.2, -0.15) is 0 Å². The molecule has 0 saturated carbocycles. The van der Waals surface area contributed by atoms with E-state index in [0.29, 0.717) is 27.1 Å². The lowest BCUT2D eigenvalue weighted by Gasteiger charge is -2.34. The van der Waals surface area contributed by atoms with Crippen molar-refractivity contribution in [2.45, 2.75) is 45.3 Å². The van der Waals surface area contributed by atoms with Crippen LogP contribution in [0.15, 0.2) is 72.8 Å². The molecular weight excluding hydrogens is 593 g/mol. The van der Waals surface area contributed by atoms with Crippen LogP contribution in [0.1, 0.15) is 31.4 Å². The zero-order valence-corrected chi connectivity index (χ0v) is 25.6. The highest BCUT2D eigenvalue weighted by molar-refractivity contribution is 7.92. The second kappa shape index (κ2) is 14.2. The summed E-state index contributed by atoms with van der Waals surface area (Å²) in [4.78, 5) is 29.1. The number of carbonyl (C=O) groups excluding carboxylic acids is 2. The summed E-state index contributed by atoms with van der Waals surface area (Å²) >= 11 is 19.0. The number of nitrogens with one attached hydrogen (secondary N) is 1. The molecule has 0 bridgehead atoms. The minimum Gasteiger partial charge on any atom is -0.352 e. The summed E-state index contributed by atoms with van der Waals surface area (Å²) in [6.45, 7) is 3.16. The van der Waals surface area contributed by atoms with E-state index in [-0.39, 0.29) is 30.6 Å². The van der Waals surface area contributed by atoms with Crippen molar-refractivity contribution in [3.05, 3.63) is 99.0 Å². The molecule has 3 aromatic carbocycles. The molecule has 214 valence electrons. The van der Waals surface area contributed by atoms with Crippen molar-refractivity contribution < 1.29 is 18.0 Å². The molecule has 0 unspecified atom stereocenters. The molecule has 0 saturated heterocycles. The molecule has 40 heavy (non-hydrogen) atoms. The van der Waals surface area contributed by atoms with Gasteiger partial charge in [0.25, 0.3) is 0 Å². The fourth-order valence-corrected chi connectivity index (χ4v) is 5.56. The Kier molecular flexibility index (Phi) is 11.3. The molecule has 0 aliphatic carbocycles. The molecule has 0 radical (unpaired) electrons. The average molecular weight is 625 g/mol. The summed E-state index contributed by atoms with van der Waals surface area (Å²) in [5, 5.41) is 4.04. The summed E-state index contributed by atoms with van der Waals surface area (Å²) in [6, 6.07) is 19.3. The van der Waals surface area contributed by atoms with Gasteiger partial charge in [0, 0.05) is 39.6 Å². The van der Waals surface area contributed by atoms with E-state index in [0.717, 1.165) is 16.1 Å². The molecule has 0 fully saturated rings. The zero-order chi connectivity index (χ0) is 29.4. The smallest absolute Gasteiger partial charge is 0.244 e. The Morgan fingerprint density at radius 2 is 1.50 bits per heavy atom. The van der Waals surface area contributed by atoms with Crippen molar-refractivity contribution in [2.75, 3.05) is 17.1 Å². The molecule has 11 heteroatoms. The first-order valence-corrected chi connectivity index (χ1v) is 15.7. The third-order valence-corrected chi connectivity index (χ3v) is 8.56. The number of amides is 2. The van der Waals surface area contributed by atoms with Gasteiger partial charge >= 0.3 is 0 Å². The normalized spacial score (nSPS) is 12.8. The Labute approximate surface area is 251 Å². The molecule has 0 spiro atoms. The summed E-state index contributed by atoms with van der Waals surface area (Å²) in [5.74, 6) is -0.969. The molecule has 1 N–H and O–H groups in total. The second-order valence-electron chi connectivity index (χ2n) is 9.49. The summed E-state index contributed by atoms with van der Waals surface area (Å²) in [6.07, 6.45) is 1.89. The van der Waals surface area contributed by atoms with Crippen LogP contribution >= 0.6 is 34.8 Å². The molecule has 2 amide bonds. The molecule has 2 atom stereocenters. The molecule has 0 heterocycles. The van der Waals surface area contributed by atoms with Crippen molar-refractivity contribution in [3.63, 3.8) is 0 Å². The van der Waals surface area contributed by atoms with E-state index in [4.69, 9.17) is 34.8 Å². The van der Waals surface area contributed by atoms with Gasteiger partial charge in [-0.05, 0) is 55.3 Å². The lowest BCUT2D eigenvalue weighted by atomic mass is 10.0. The van der Waals surface area contributed by atoms with Gasteiger partial charge in [-0.25, -0.2) is 8.42 Å². The Morgan fingerprint density at radius 3 is 2.05 bits per heavy atom. The van der Waals surface area contributed by atoms with E-state index in [1.165, 1.54) is 17.0 Å². The third kappa shape index (κ3) is 8.61. The number of anilines is 1. The van der Waals surface area contributed by atoms with Crippen LogP contribution in [0.4, 0.5) is 5.69 Å². The standard InChI is InChI=1S/C29H32Cl3N3O4S/c1-4-20(2)33-29(37)27(17-21-9-6-5-7-10-21)34(18-24-25(31)11-8-12-26(24)32)28(36)19-35(40(3,38)39)23-15-13-22(30)14-16-23/h5-16,20,27H,4,17-19H2,1-3H3,(H,33,37)/t20-,27-/m1/s1. The lowest BCUT2D eigenvalue weighted by molar-refractivity contribution is -0.140. The van der Waals surface area contributed by atoms with Crippen molar-refractivity contribution in [3.8, 4) is 0 Å². The SMILES string of the molecule is CC[C@@H](C)NC(=O)[C@@H](Cc1ccccc1)N(Cc1c(Cl)cccc1Cl)C(=O)CN(c1ccc(Cl)cc1)S(C)(=O)=O. The van der Waals surface area contributed by atoms with E-state index in [1.54, 1.807) is 30.3 Å². The van der Waals surface area contributed by atoms with Gasteiger partial charge in [-0.1, -0.05) is 78.1 Å². The number of benzene rings is 3. The number of rotatable bonds is 12. The van der Waals surface area contributed by atoms with Crippen LogP contribution in [0.2, 0.25) is 15.1 Å².